The Morgan fingerprint density at radius 2 is 1.85 bits per heavy atom. The molecule has 1 aromatic carbocycles. The second-order valence-corrected chi connectivity index (χ2v) is 5.81. The van der Waals surface area contributed by atoms with Gasteiger partial charge in [-0.3, -0.25) is 4.79 Å². The Labute approximate surface area is 127 Å². The summed E-state index contributed by atoms with van der Waals surface area (Å²) in [5, 5.41) is 3.30. The third kappa shape index (κ3) is 4.50. The molecule has 2 saturated carbocycles. The lowest BCUT2D eigenvalue weighted by atomic mass is 10.2. The molecule has 2 aliphatic rings. The summed E-state index contributed by atoms with van der Waals surface area (Å²) in [6, 6.07) is 10.8. The van der Waals surface area contributed by atoms with Crippen LogP contribution in [0.2, 0.25) is 0 Å². The fourth-order valence-electron chi connectivity index (χ4n) is 2.39. The third-order valence-corrected chi connectivity index (χ3v) is 3.91. The molecule has 110 valence electrons. The topological polar surface area (TPSA) is 32.3 Å². The van der Waals surface area contributed by atoms with Gasteiger partial charge in [0.1, 0.15) is 0 Å². The quantitative estimate of drug-likeness (QED) is 0.838. The number of rotatable bonds is 7. The average Bonchev–Trinajstić information content (AvgIpc) is 3.29. The number of benzene rings is 1. The fourth-order valence-corrected chi connectivity index (χ4v) is 2.39. The molecule has 0 spiro atoms. The van der Waals surface area contributed by atoms with Crippen LogP contribution in [0.25, 0.3) is 0 Å². The van der Waals surface area contributed by atoms with Gasteiger partial charge in [-0.1, -0.05) is 30.3 Å². The van der Waals surface area contributed by atoms with Crippen LogP contribution in [-0.2, 0) is 11.3 Å². The van der Waals surface area contributed by atoms with Gasteiger partial charge >= 0.3 is 0 Å². The maximum absolute atomic E-state index is 12.3. The minimum atomic E-state index is 0. The molecular formula is C16H23ClN2O. The number of hydrogen-bond acceptors (Lipinski definition) is 2. The lowest BCUT2D eigenvalue weighted by Gasteiger charge is -2.23. The Bertz CT molecular complexity index is 429. The first-order valence-corrected chi connectivity index (χ1v) is 7.37. The van der Waals surface area contributed by atoms with Crippen molar-refractivity contribution in [2.24, 2.45) is 5.92 Å². The predicted octanol–water partition coefficient (Wildman–Crippen LogP) is 2.60. The Balaban J connectivity index is 0.00000147. The fraction of sp³-hybridized carbons (Fsp3) is 0.562. The molecule has 0 atom stereocenters. The first-order valence-electron chi connectivity index (χ1n) is 7.37. The Kier molecular flexibility index (Phi) is 5.44. The van der Waals surface area contributed by atoms with Crippen molar-refractivity contribution in [3.8, 4) is 0 Å². The molecule has 1 aromatic rings. The summed E-state index contributed by atoms with van der Waals surface area (Å²) in [6.07, 6.45) is 5.00. The second-order valence-electron chi connectivity index (χ2n) is 5.81. The first-order chi connectivity index (χ1) is 9.33. The molecule has 0 aliphatic heterocycles. The highest BCUT2D eigenvalue weighted by Gasteiger charge is 2.32. The third-order valence-electron chi connectivity index (χ3n) is 3.91. The number of nitrogens with zero attached hydrogens (tertiary/aromatic N) is 1. The van der Waals surface area contributed by atoms with E-state index in [-0.39, 0.29) is 18.3 Å². The molecule has 0 unspecified atom stereocenters. The van der Waals surface area contributed by atoms with Gasteiger partial charge < -0.3 is 10.2 Å². The van der Waals surface area contributed by atoms with Crippen LogP contribution in [0.3, 0.4) is 0 Å². The molecule has 20 heavy (non-hydrogen) atoms. The van der Waals surface area contributed by atoms with Crippen molar-refractivity contribution in [3.63, 3.8) is 0 Å². The van der Waals surface area contributed by atoms with Gasteiger partial charge in [0.25, 0.3) is 0 Å². The van der Waals surface area contributed by atoms with Crippen molar-refractivity contribution in [2.45, 2.75) is 38.3 Å². The van der Waals surface area contributed by atoms with E-state index in [1.54, 1.807) is 0 Å². The average molecular weight is 295 g/mol. The van der Waals surface area contributed by atoms with E-state index in [0.29, 0.717) is 12.6 Å². The second kappa shape index (κ2) is 7.09. The van der Waals surface area contributed by atoms with Crippen molar-refractivity contribution in [3.05, 3.63) is 35.9 Å². The standard InChI is InChI=1S/C16H22N2O.ClH/c19-16(11-17-10-13-6-7-13)18(15-8-9-15)12-14-4-2-1-3-5-14;/h1-5,13,15,17H,6-12H2;1H. The molecule has 2 fully saturated rings. The monoisotopic (exact) mass is 294 g/mol. The lowest BCUT2D eigenvalue weighted by Crippen LogP contribution is -2.39. The summed E-state index contributed by atoms with van der Waals surface area (Å²) in [4.78, 5) is 14.3. The minimum absolute atomic E-state index is 0. The van der Waals surface area contributed by atoms with Gasteiger partial charge in [0, 0.05) is 12.6 Å². The SMILES string of the molecule is Cl.O=C(CNCC1CC1)N(Cc1ccccc1)C1CC1. The molecule has 1 N–H and O–H groups in total. The zero-order chi connectivity index (χ0) is 13.1. The Hall–Kier alpha value is -1.06. The van der Waals surface area contributed by atoms with Gasteiger partial charge in [-0.15, -0.1) is 12.4 Å². The molecule has 3 rings (SSSR count). The van der Waals surface area contributed by atoms with E-state index in [1.807, 2.05) is 18.2 Å². The van der Waals surface area contributed by atoms with Crippen LogP contribution in [0.5, 0.6) is 0 Å². The summed E-state index contributed by atoms with van der Waals surface area (Å²) < 4.78 is 0. The van der Waals surface area contributed by atoms with E-state index >= 15 is 0 Å². The van der Waals surface area contributed by atoms with E-state index in [1.165, 1.54) is 31.2 Å². The maximum Gasteiger partial charge on any atom is 0.237 e. The molecule has 0 radical (unpaired) electrons. The van der Waals surface area contributed by atoms with Crippen molar-refractivity contribution in [1.29, 1.82) is 0 Å². The molecule has 3 nitrogen and oxygen atoms in total. The Morgan fingerprint density at radius 1 is 1.15 bits per heavy atom. The summed E-state index contributed by atoms with van der Waals surface area (Å²) in [5.41, 5.74) is 1.23. The molecular weight excluding hydrogens is 272 g/mol. The number of carbonyl (C=O) groups excluding carboxylic acids is 1. The van der Waals surface area contributed by atoms with Crippen molar-refractivity contribution >= 4 is 18.3 Å². The van der Waals surface area contributed by atoms with Gasteiger partial charge in [0.2, 0.25) is 5.91 Å². The number of hydrogen-bond donors (Lipinski definition) is 1. The number of carbonyl (C=O) groups is 1. The van der Waals surface area contributed by atoms with Crippen LogP contribution in [0.1, 0.15) is 31.2 Å². The van der Waals surface area contributed by atoms with Crippen LogP contribution < -0.4 is 5.32 Å². The van der Waals surface area contributed by atoms with Crippen molar-refractivity contribution < 1.29 is 4.79 Å². The van der Waals surface area contributed by atoms with E-state index in [9.17, 15) is 4.79 Å². The van der Waals surface area contributed by atoms with Crippen LogP contribution in [0.15, 0.2) is 30.3 Å². The van der Waals surface area contributed by atoms with Crippen molar-refractivity contribution in [1.82, 2.24) is 10.2 Å². The van der Waals surface area contributed by atoms with Gasteiger partial charge in [0.15, 0.2) is 0 Å². The summed E-state index contributed by atoms with van der Waals surface area (Å²) in [7, 11) is 0. The highest BCUT2D eigenvalue weighted by molar-refractivity contribution is 5.85. The zero-order valence-corrected chi connectivity index (χ0v) is 12.6. The summed E-state index contributed by atoms with van der Waals surface area (Å²) >= 11 is 0. The summed E-state index contributed by atoms with van der Waals surface area (Å²) in [5.74, 6) is 1.09. The van der Waals surface area contributed by atoms with Crippen molar-refractivity contribution in [2.75, 3.05) is 13.1 Å². The van der Waals surface area contributed by atoms with E-state index in [2.05, 4.69) is 22.3 Å². The number of amides is 1. The Morgan fingerprint density at radius 3 is 2.45 bits per heavy atom. The molecule has 0 heterocycles. The van der Waals surface area contributed by atoms with Crippen LogP contribution in [0.4, 0.5) is 0 Å². The van der Waals surface area contributed by atoms with E-state index in [4.69, 9.17) is 0 Å². The molecule has 0 aromatic heterocycles. The lowest BCUT2D eigenvalue weighted by molar-refractivity contribution is -0.131. The van der Waals surface area contributed by atoms with Crippen LogP contribution in [-0.4, -0.2) is 29.9 Å². The van der Waals surface area contributed by atoms with E-state index < -0.39 is 0 Å². The highest BCUT2D eigenvalue weighted by Crippen LogP contribution is 2.29. The molecule has 0 saturated heterocycles. The molecule has 2 aliphatic carbocycles. The van der Waals surface area contributed by atoms with Gasteiger partial charge in [0.05, 0.1) is 6.54 Å². The first kappa shape index (κ1) is 15.3. The summed E-state index contributed by atoms with van der Waals surface area (Å²) in [6.45, 7) is 2.27. The van der Waals surface area contributed by atoms with Gasteiger partial charge in [-0.05, 0) is 43.7 Å². The van der Waals surface area contributed by atoms with Gasteiger partial charge in [-0.2, -0.15) is 0 Å². The highest BCUT2D eigenvalue weighted by atomic mass is 35.5. The van der Waals surface area contributed by atoms with Crippen LogP contribution >= 0.6 is 12.4 Å². The largest absolute Gasteiger partial charge is 0.334 e. The number of nitrogens with one attached hydrogen (secondary N) is 1. The van der Waals surface area contributed by atoms with Gasteiger partial charge in [-0.25, -0.2) is 0 Å². The molecule has 1 amide bonds. The molecule has 0 bridgehead atoms. The zero-order valence-electron chi connectivity index (χ0n) is 11.8. The maximum atomic E-state index is 12.3. The predicted molar refractivity (Wildman–Crippen MR) is 82.9 cm³/mol. The number of halogens is 1. The van der Waals surface area contributed by atoms with Crippen LogP contribution in [0, 0.1) is 5.92 Å². The normalized spacial score (nSPS) is 17.4. The molecule has 4 heteroatoms. The smallest absolute Gasteiger partial charge is 0.237 e. The minimum Gasteiger partial charge on any atom is -0.334 e. The van der Waals surface area contributed by atoms with E-state index in [0.717, 1.165) is 19.0 Å².